The van der Waals surface area contributed by atoms with Crippen molar-refractivity contribution in [1.29, 1.82) is 0 Å². The summed E-state index contributed by atoms with van der Waals surface area (Å²) in [6.07, 6.45) is 17.7. The van der Waals surface area contributed by atoms with Crippen LogP contribution in [0.25, 0.3) is 10.8 Å². The largest absolute Gasteiger partial charge is 0.507 e. The maximum Gasteiger partial charge on any atom is 0.127 e. The topological polar surface area (TPSA) is 40.5 Å². The summed E-state index contributed by atoms with van der Waals surface area (Å²) in [5.74, 6) is 0.551. The second-order valence-electron chi connectivity index (χ2n) is 9.72. The number of fused-ring (bicyclic) bond motifs is 1. The van der Waals surface area contributed by atoms with Crippen LogP contribution in [0.1, 0.15) is 90.7 Å². The van der Waals surface area contributed by atoms with Gasteiger partial charge < -0.3 is 10.2 Å². The number of aromatic hydroxyl groups is 2. The lowest BCUT2D eigenvalue weighted by Gasteiger charge is -2.13. The molecular weight excluding hydrogens is 416 g/mol. The fraction of sp³-hybridized carbons (Fsp3) is 0.438. The van der Waals surface area contributed by atoms with Crippen molar-refractivity contribution < 1.29 is 10.2 Å². The second-order valence-corrected chi connectivity index (χ2v) is 9.72. The predicted octanol–water partition coefficient (Wildman–Crippen LogP) is 9.64. The van der Waals surface area contributed by atoms with Crippen molar-refractivity contribution >= 4 is 10.8 Å². The van der Waals surface area contributed by atoms with Gasteiger partial charge in [-0.2, -0.15) is 0 Å². The van der Waals surface area contributed by atoms with Crippen LogP contribution >= 0.6 is 0 Å². The van der Waals surface area contributed by atoms with Crippen molar-refractivity contribution in [1.82, 2.24) is 0 Å². The minimum atomic E-state index is 0.268. The van der Waals surface area contributed by atoms with Gasteiger partial charge in [-0.1, -0.05) is 77.8 Å². The molecule has 0 unspecified atom stereocenters. The highest BCUT2D eigenvalue weighted by molar-refractivity contribution is 5.95. The molecule has 0 aliphatic rings. The van der Waals surface area contributed by atoms with Gasteiger partial charge in [0.25, 0.3) is 0 Å². The molecule has 2 rings (SSSR count). The van der Waals surface area contributed by atoms with Crippen LogP contribution in [0.15, 0.2) is 70.9 Å². The van der Waals surface area contributed by atoms with Crippen LogP contribution in [-0.4, -0.2) is 10.2 Å². The number of hydrogen-bond acceptors (Lipinski definition) is 2. The Bertz CT molecular complexity index is 1080. The minimum absolute atomic E-state index is 0.268. The van der Waals surface area contributed by atoms with Crippen LogP contribution in [0.3, 0.4) is 0 Å². The normalized spacial score (nSPS) is 13.7. The van der Waals surface area contributed by atoms with Gasteiger partial charge in [-0.05, 0) is 91.5 Å². The summed E-state index contributed by atoms with van der Waals surface area (Å²) in [6.45, 7) is 12.9. The number of allylic oxidation sites excluding steroid dienone is 8. The van der Waals surface area contributed by atoms with E-state index in [-0.39, 0.29) is 11.5 Å². The third kappa shape index (κ3) is 8.24. The highest BCUT2D eigenvalue weighted by atomic mass is 16.3. The highest BCUT2D eigenvalue weighted by Crippen LogP contribution is 2.39. The molecule has 0 saturated carbocycles. The van der Waals surface area contributed by atoms with Crippen molar-refractivity contribution in [3.63, 3.8) is 0 Å². The molecule has 0 atom stereocenters. The first-order valence-electron chi connectivity index (χ1n) is 12.8. The molecule has 0 aliphatic carbocycles. The number of rotatable bonds is 12. The van der Waals surface area contributed by atoms with Crippen LogP contribution in [0.5, 0.6) is 11.5 Å². The first-order valence-corrected chi connectivity index (χ1v) is 12.8. The van der Waals surface area contributed by atoms with Gasteiger partial charge in [0.2, 0.25) is 0 Å². The fourth-order valence-corrected chi connectivity index (χ4v) is 4.20. The summed E-state index contributed by atoms with van der Waals surface area (Å²) < 4.78 is 0. The predicted molar refractivity (Wildman–Crippen MR) is 149 cm³/mol. The van der Waals surface area contributed by atoms with Crippen LogP contribution in [0, 0.1) is 6.92 Å². The van der Waals surface area contributed by atoms with E-state index in [9.17, 15) is 10.2 Å². The molecule has 0 heterocycles. The molecule has 0 aliphatic heterocycles. The number of phenolic OH excluding ortho intramolecular Hbond substituents is 2. The van der Waals surface area contributed by atoms with Gasteiger partial charge in [0.1, 0.15) is 11.5 Å². The molecule has 2 heteroatoms. The first kappa shape index (κ1) is 27.5. The smallest absolute Gasteiger partial charge is 0.127 e. The van der Waals surface area contributed by atoms with Gasteiger partial charge in [0.15, 0.2) is 0 Å². The van der Waals surface area contributed by atoms with E-state index in [1.54, 1.807) is 0 Å². The third-order valence-corrected chi connectivity index (χ3v) is 6.84. The fourth-order valence-electron chi connectivity index (χ4n) is 4.20. The molecule has 2 nitrogen and oxygen atoms in total. The van der Waals surface area contributed by atoms with E-state index in [0.717, 1.165) is 56.1 Å². The van der Waals surface area contributed by atoms with E-state index >= 15 is 0 Å². The molecule has 34 heavy (non-hydrogen) atoms. The lowest BCUT2D eigenvalue weighted by Crippen LogP contribution is -1.92. The SMILES string of the molecule is CC/C(C)=C/CC/C(C)=C/CC/C(C)=C/CC/C(C)=C/Cc1c(C)c(O)c2ccccc2c1O. The van der Waals surface area contributed by atoms with E-state index < -0.39 is 0 Å². The lowest BCUT2D eigenvalue weighted by molar-refractivity contribution is 0.461. The molecule has 0 saturated heterocycles. The number of hydrogen-bond donors (Lipinski definition) is 2. The molecule has 0 aromatic heterocycles. The van der Waals surface area contributed by atoms with Crippen LogP contribution in [0.2, 0.25) is 0 Å². The molecule has 0 amide bonds. The zero-order chi connectivity index (χ0) is 25.1. The van der Waals surface area contributed by atoms with Crippen molar-refractivity contribution in [2.24, 2.45) is 0 Å². The Kier molecular flexibility index (Phi) is 11.2. The Balaban J connectivity index is 1.85. The first-order chi connectivity index (χ1) is 16.2. The molecule has 2 aromatic carbocycles. The van der Waals surface area contributed by atoms with E-state index in [0.29, 0.717) is 17.2 Å². The Hall–Kier alpha value is -2.74. The van der Waals surface area contributed by atoms with E-state index in [1.165, 1.54) is 22.3 Å². The Morgan fingerprint density at radius 1 is 0.676 bits per heavy atom. The molecule has 0 bridgehead atoms. The standard InChI is InChI=1S/C32H44O2/c1-7-23(2)13-10-14-24(3)15-11-16-25(4)17-12-18-26(5)21-22-28-27(6)31(33)29-19-8-9-20-30(29)32(28)34/h8-9,13,15,17,19-21,33-34H,7,10-12,14,16,18,22H2,1-6H3/b23-13+,24-15+,25-17+,26-21+. The summed E-state index contributed by atoms with van der Waals surface area (Å²) in [7, 11) is 0. The van der Waals surface area contributed by atoms with E-state index in [2.05, 4.69) is 58.9 Å². The molecule has 2 N–H and O–H groups in total. The maximum absolute atomic E-state index is 10.8. The molecule has 2 aromatic rings. The monoisotopic (exact) mass is 460 g/mol. The van der Waals surface area contributed by atoms with Gasteiger partial charge in [0, 0.05) is 16.3 Å². The average molecular weight is 461 g/mol. The summed E-state index contributed by atoms with van der Waals surface area (Å²) in [6, 6.07) is 7.47. The molecule has 0 spiro atoms. The second kappa shape index (κ2) is 13.8. The quantitative estimate of drug-likeness (QED) is 0.244. The molecule has 0 radical (unpaired) electrons. The summed E-state index contributed by atoms with van der Waals surface area (Å²) in [5.41, 5.74) is 7.30. The third-order valence-electron chi connectivity index (χ3n) is 6.84. The highest BCUT2D eigenvalue weighted by Gasteiger charge is 2.14. The minimum Gasteiger partial charge on any atom is -0.507 e. The van der Waals surface area contributed by atoms with Gasteiger partial charge in [-0.3, -0.25) is 0 Å². The van der Waals surface area contributed by atoms with Crippen molar-refractivity contribution in [3.05, 3.63) is 82.0 Å². The Morgan fingerprint density at radius 3 is 1.62 bits per heavy atom. The zero-order valence-electron chi connectivity index (χ0n) is 22.2. The summed E-state index contributed by atoms with van der Waals surface area (Å²) >= 11 is 0. The van der Waals surface area contributed by atoms with Gasteiger partial charge in [-0.25, -0.2) is 0 Å². The van der Waals surface area contributed by atoms with Gasteiger partial charge in [-0.15, -0.1) is 0 Å². The molecule has 184 valence electrons. The van der Waals surface area contributed by atoms with E-state index in [1.807, 2.05) is 31.2 Å². The summed E-state index contributed by atoms with van der Waals surface area (Å²) in [4.78, 5) is 0. The van der Waals surface area contributed by atoms with Crippen molar-refractivity contribution in [3.8, 4) is 11.5 Å². The van der Waals surface area contributed by atoms with Crippen LogP contribution < -0.4 is 0 Å². The van der Waals surface area contributed by atoms with Gasteiger partial charge in [0.05, 0.1) is 0 Å². The number of phenols is 2. The summed E-state index contributed by atoms with van der Waals surface area (Å²) in [5, 5.41) is 22.7. The van der Waals surface area contributed by atoms with Crippen molar-refractivity contribution in [2.45, 2.75) is 92.9 Å². The molecule has 0 fully saturated rings. The Morgan fingerprint density at radius 2 is 1.12 bits per heavy atom. The van der Waals surface area contributed by atoms with Gasteiger partial charge >= 0.3 is 0 Å². The van der Waals surface area contributed by atoms with Crippen molar-refractivity contribution in [2.75, 3.05) is 0 Å². The maximum atomic E-state index is 10.8. The Labute approximate surface area is 207 Å². The lowest BCUT2D eigenvalue weighted by atomic mass is 9.95. The number of benzene rings is 2. The average Bonchev–Trinajstić information content (AvgIpc) is 2.82. The zero-order valence-corrected chi connectivity index (χ0v) is 22.2. The van der Waals surface area contributed by atoms with E-state index in [4.69, 9.17) is 0 Å². The molecular formula is C32H44O2. The van der Waals surface area contributed by atoms with Crippen LogP contribution in [0.4, 0.5) is 0 Å². The van der Waals surface area contributed by atoms with Crippen LogP contribution in [-0.2, 0) is 6.42 Å².